The fourth-order valence-corrected chi connectivity index (χ4v) is 1.18. The van der Waals surface area contributed by atoms with Gasteiger partial charge in [0.25, 0.3) is 0 Å². The minimum Gasteiger partial charge on any atom is -0.377 e. The lowest BCUT2D eigenvalue weighted by Crippen LogP contribution is -2.44. The quantitative estimate of drug-likeness (QED) is 0.409. The molecular weight excluding hydrogens is 304 g/mol. The number of carbonyl (C=O) groups excluding carboxylic acids is 3. The van der Waals surface area contributed by atoms with Gasteiger partial charge < -0.3 is 5.11 Å². The molecule has 22 heavy (non-hydrogen) atoms. The smallest absolute Gasteiger partial charge is 0.374 e. The summed E-state index contributed by atoms with van der Waals surface area (Å²) in [6.07, 6.45) is -1.81. The third kappa shape index (κ3) is 7.88. The normalized spacial score (nSPS) is 10.9. The Morgan fingerprint density at radius 1 is 0.773 bits per heavy atom. The number of aliphatic hydroxyl groups is 1. The first-order chi connectivity index (χ1) is 10.4. The summed E-state index contributed by atoms with van der Waals surface area (Å²) in [5, 5.41) is 10.2. The Hall–Kier alpha value is -1.75. The zero-order valence-electron chi connectivity index (χ0n) is 12.7. The minimum absolute atomic E-state index is 0.00854. The largest absolute Gasteiger partial charge is 0.377 e. The molecule has 0 aromatic rings. The molecule has 0 radical (unpaired) electrons. The van der Waals surface area contributed by atoms with Crippen LogP contribution in [0, 0.1) is 0 Å². The molecular formula is C12H20O10. The van der Waals surface area contributed by atoms with Crippen molar-refractivity contribution in [2.45, 2.75) is 39.2 Å². The zero-order valence-corrected chi connectivity index (χ0v) is 12.7. The van der Waals surface area contributed by atoms with Crippen molar-refractivity contribution in [3.8, 4) is 0 Å². The van der Waals surface area contributed by atoms with Gasteiger partial charge in [0, 0.05) is 0 Å². The molecule has 0 unspecified atom stereocenters. The van der Waals surface area contributed by atoms with Gasteiger partial charge in [0.05, 0.1) is 32.7 Å². The maximum Gasteiger partial charge on any atom is 0.374 e. The van der Waals surface area contributed by atoms with Crippen molar-refractivity contribution in [2.24, 2.45) is 0 Å². The number of rotatable bonds is 11. The van der Waals surface area contributed by atoms with E-state index in [0.717, 1.165) is 0 Å². The summed E-state index contributed by atoms with van der Waals surface area (Å²) in [5.74, 6) is -3.51. The van der Waals surface area contributed by atoms with E-state index in [-0.39, 0.29) is 19.8 Å². The summed E-state index contributed by atoms with van der Waals surface area (Å²) in [5.41, 5.74) is -2.54. The third-order valence-corrected chi connectivity index (χ3v) is 2.05. The first-order valence-corrected chi connectivity index (χ1v) is 6.60. The van der Waals surface area contributed by atoms with E-state index in [1.165, 1.54) is 6.92 Å². The fraction of sp³-hybridized carbons (Fsp3) is 0.750. The molecule has 0 spiro atoms. The van der Waals surface area contributed by atoms with Gasteiger partial charge in [0.2, 0.25) is 0 Å². The van der Waals surface area contributed by atoms with E-state index >= 15 is 0 Å². The van der Waals surface area contributed by atoms with Crippen molar-refractivity contribution in [1.29, 1.82) is 0 Å². The lowest BCUT2D eigenvalue weighted by Gasteiger charge is -2.22. The van der Waals surface area contributed by atoms with Crippen LogP contribution in [0.1, 0.15) is 33.6 Å². The lowest BCUT2D eigenvalue weighted by atomic mass is 9.96. The molecule has 0 aliphatic carbocycles. The van der Waals surface area contributed by atoms with Crippen LogP contribution in [-0.4, -0.2) is 48.4 Å². The van der Waals surface area contributed by atoms with Crippen LogP contribution in [0.3, 0.4) is 0 Å². The number of carbonyl (C=O) groups is 3. The van der Waals surface area contributed by atoms with Crippen molar-refractivity contribution in [2.75, 3.05) is 19.8 Å². The van der Waals surface area contributed by atoms with Gasteiger partial charge in [0.15, 0.2) is 5.60 Å². The molecule has 0 aliphatic heterocycles. The highest BCUT2D eigenvalue weighted by Crippen LogP contribution is 2.20. The van der Waals surface area contributed by atoms with E-state index in [1.807, 2.05) is 0 Å². The predicted molar refractivity (Wildman–Crippen MR) is 67.3 cm³/mol. The van der Waals surface area contributed by atoms with Gasteiger partial charge in [-0.1, -0.05) is 0 Å². The zero-order chi connectivity index (χ0) is 17.0. The van der Waals surface area contributed by atoms with Crippen LogP contribution in [0.4, 0.5) is 0 Å². The molecule has 10 heteroatoms. The Labute approximate surface area is 127 Å². The van der Waals surface area contributed by atoms with Gasteiger partial charge in [-0.15, -0.1) is 0 Å². The van der Waals surface area contributed by atoms with E-state index in [2.05, 4.69) is 29.3 Å². The summed E-state index contributed by atoms with van der Waals surface area (Å²) >= 11 is 0. The second-order valence-electron chi connectivity index (χ2n) is 3.89. The molecule has 1 N–H and O–H groups in total. The first kappa shape index (κ1) is 20.2. The van der Waals surface area contributed by atoms with Crippen molar-refractivity contribution in [3.05, 3.63) is 0 Å². The molecule has 0 saturated carbocycles. The molecule has 0 fully saturated rings. The molecule has 10 nitrogen and oxygen atoms in total. The van der Waals surface area contributed by atoms with Gasteiger partial charge in [0.1, 0.15) is 0 Å². The van der Waals surface area contributed by atoms with Crippen molar-refractivity contribution >= 4 is 17.9 Å². The molecule has 0 amide bonds. The van der Waals surface area contributed by atoms with Gasteiger partial charge >= 0.3 is 17.9 Å². The maximum atomic E-state index is 11.7. The van der Waals surface area contributed by atoms with E-state index < -0.39 is 36.4 Å². The van der Waals surface area contributed by atoms with E-state index in [9.17, 15) is 19.5 Å². The highest BCUT2D eigenvalue weighted by molar-refractivity contribution is 5.89. The highest BCUT2D eigenvalue weighted by atomic mass is 17.2. The van der Waals surface area contributed by atoms with Crippen LogP contribution in [0.15, 0.2) is 0 Å². The van der Waals surface area contributed by atoms with E-state index in [4.69, 9.17) is 0 Å². The second kappa shape index (κ2) is 10.9. The Morgan fingerprint density at radius 3 is 1.50 bits per heavy atom. The Bertz CT molecular complexity index is 345. The van der Waals surface area contributed by atoms with Gasteiger partial charge in [-0.2, -0.15) is 14.7 Å². The molecule has 0 aromatic heterocycles. The average Bonchev–Trinajstić information content (AvgIpc) is 2.48. The topological polar surface area (TPSA) is 127 Å². The van der Waals surface area contributed by atoms with Crippen LogP contribution in [0.25, 0.3) is 0 Å². The first-order valence-electron chi connectivity index (χ1n) is 6.60. The maximum absolute atomic E-state index is 11.7. The van der Waals surface area contributed by atoms with Gasteiger partial charge in [-0.05, 0) is 20.8 Å². The Balaban J connectivity index is 4.83. The van der Waals surface area contributed by atoms with Crippen LogP contribution in [-0.2, 0) is 43.7 Å². The molecule has 0 saturated heterocycles. The summed E-state index contributed by atoms with van der Waals surface area (Å²) in [6, 6.07) is 0. The number of hydrogen-bond donors (Lipinski definition) is 1. The molecule has 0 atom stereocenters. The van der Waals surface area contributed by atoms with Crippen LogP contribution in [0.5, 0.6) is 0 Å². The molecule has 0 bridgehead atoms. The average molecular weight is 324 g/mol. The molecule has 0 aliphatic rings. The Morgan fingerprint density at radius 2 is 1.14 bits per heavy atom. The van der Waals surface area contributed by atoms with Crippen molar-refractivity contribution in [3.63, 3.8) is 0 Å². The van der Waals surface area contributed by atoms with Crippen LogP contribution < -0.4 is 0 Å². The third-order valence-electron chi connectivity index (χ3n) is 2.05. The van der Waals surface area contributed by atoms with Gasteiger partial charge in [-0.3, -0.25) is 14.7 Å². The molecule has 0 rings (SSSR count). The fourth-order valence-electron chi connectivity index (χ4n) is 1.18. The monoisotopic (exact) mass is 324 g/mol. The molecule has 128 valence electrons. The Kier molecular flexibility index (Phi) is 10.0. The summed E-state index contributed by atoms with van der Waals surface area (Å²) in [4.78, 5) is 60.6. The van der Waals surface area contributed by atoms with E-state index in [1.54, 1.807) is 13.8 Å². The summed E-state index contributed by atoms with van der Waals surface area (Å²) in [7, 11) is 0. The lowest BCUT2D eigenvalue weighted by molar-refractivity contribution is -0.293. The summed E-state index contributed by atoms with van der Waals surface area (Å²) in [6.45, 7) is 4.79. The van der Waals surface area contributed by atoms with Gasteiger partial charge in [-0.25, -0.2) is 14.4 Å². The molecule has 0 heterocycles. The second-order valence-corrected chi connectivity index (χ2v) is 3.89. The van der Waals surface area contributed by atoms with Crippen LogP contribution in [0.2, 0.25) is 0 Å². The van der Waals surface area contributed by atoms with Crippen molar-refractivity contribution < 1.29 is 48.8 Å². The summed E-state index contributed by atoms with van der Waals surface area (Å²) < 4.78 is 0. The van der Waals surface area contributed by atoms with Crippen molar-refractivity contribution in [1.82, 2.24) is 0 Å². The SMILES string of the molecule is CCOOC(=O)CC(O)(CC(=O)OOCC)C(=O)OOCC. The standard InChI is InChI=1S/C12H20O10/c1-4-17-20-9(13)7-12(16,11(15)22-19-6-3)8-10(14)21-18-5-2/h16H,4-8H2,1-3H3. The predicted octanol–water partition coefficient (Wildman–Crippen LogP) is -0.0182. The highest BCUT2D eigenvalue weighted by Gasteiger charge is 2.45. The number of hydrogen-bond acceptors (Lipinski definition) is 10. The molecule has 0 aromatic carbocycles. The van der Waals surface area contributed by atoms with Crippen LogP contribution >= 0.6 is 0 Å². The van der Waals surface area contributed by atoms with E-state index in [0.29, 0.717) is 0 Å². The minimum atomic E-state index is -2.54.